The maximum Gasteiger partial charge on any atom is 0.254 e. The fourth-order valence-electron chi connectivity index (χ4n) is 3.20. The fraction of sp³-hybridized carbons (Fsp3) is 0.562. The molecule has 2 heterocycles. The maximum absolute atomic E-state index is 12.6. The minimum absolute atomic E-state index is 0.126. The lowest BCUT2D eigenvalue weighted by atomic mass is 10.1. The van der Waals surface area contributed by atoms with Crippen molar-refractivity contribution in [2.24, 2.45) is 0 Å². The zero-order valence-corrected chi connectivity index (χ0v) is 12.0. The third-order valence-corrected chi connectivity index (χ3v) is 4.20. The number of ether oxygens (including phenoxy) is 1. The number of hydrogen-bond acceptors (Lipinski definition) is 3. The number of nitrogens with one attached hydrogen (secondary N) is 1. The molecule has 2 aliphatic rings. The van der Waals surface area contributed by atoms with E-state index < -0.39 is 0 Å². The Hall–Kier alpha value is -1.55. The van der Waals surface area contributed by atoms with Crippen molar-refractivity contribution in [1.82, 2.24) is 10.2 Å². The van der Waals surface area contributed by atoms with E-state index in [0.29, 0.717) is 18.7 Å². The molecule has 1 amide bonds. The Labute approximate surface area is 120 Å². The molecule has 20 heavy (non-hydrogen) atoms. The van der Waals surface area contributed by atoms with Crippen LogP contribution in [0.1, 0.15) is 36.5 Å². The molecular formula is C16H22N2O2. The molecule has 0 spiro atoms. The van der Waals surface area contributed by atoms with Crippen molar-refractivity contribution < 1.29 is 9.53 Å². The average Bonchev–Trinajstić information content (AvgIpc) is 2.78. The monoisotopic (exact) mass is 274 g/mol. The molecule has 4 nitrogen and oxygen atoms in total. The summed E-state index contributed by atoms with van der Waals surface area (Å²) in [6.07, 6.45) is 3.51. The Morgan fingerprint density at radius 3 is 3.05 bits per heavy atom. The Bertz CT molecular complexity index is 489. The van der Waals surface area contributed by atoms with Crippen LogP contribution in [0.4, 0.5) is 0 Å². The molecule has 1 N–H and O–H groups in total. The summed E-state index contributed by atoms with van der Waals surface area (Å²) in [7, 11) is 0. The van der Waals surface area contributed by atoms with Crippen molar-refractivity contribution >= 4 is 5.91 Å². The summed E-state index contributed by atoms with van der Waals surface area (Å²) in [5.41, 5.74) is 0.730. The van der Waals surface area contributed by atoms with Crippen LogP contribution in [-0.4, -0.2) is 42.6 Å². The van der Waals surface area contributed by atoms with Crippen LogP contribution < -0.4 is 10.1 Å². The maximum atomic E-state index is 12.6. The first-order valence-corrected chi connectivity index (χ1v) is 7.54. The standard InChI is InChI=1S/C16H22N2O2/c1-2-20-15-5-3-4-12(10-15)16(19)18-9-8-13-6-7-14(11-18)17-13/h3-5,10,13-14,17H,2,6-9,11H2,1H3. The van der Waals surface area contributed by atoms with Gasteiger partial charge in [-0.1, -0.05) is 6.07 Å². The third kappa shape index (κ3) is 2.80. The van der Waals surface area contributed by atoms with Crippen molar-refractivity contribution in [1.29, 1.82) is 0 Å². The third-order valence-electron chi connectivity index (χ3n) is 4.20. The van der Waals surface area contributed by atoms with E-state index in [-0.39, 0.29) is 5.91 Å². The molecule has 1 aromatic rings. The van der Waals surface area contributed by atoms with E-state index >= 15 is 0 Å². The van der Waals surface area contributed by atoms with Gasteiger partial charge in [0.2, 0.25) is 0 Å². The van der Waals surface area contributed by atoms with Crippen molar-refractivity contribution in [3.05, 3.63) is 29.8 Å². The summed E-state index contributed by atoms with van der Waals surface area (Å²) in [6.45, 7) is 4.25. The normalized spacial score (nSPS) is 25.4. The molecule has 0 saturated carbocycles. The summed E-state index contributed by atoms with van der Waals surface area (Å²) in [5.74, 6) is 0.897. The highest BCUT2D eigenvalue weighted by Gasteiger charge is 2.31. The van der Waals surface area contributed by atoms with Crippen LogP contribution in [0, 0.1) is 0 Å². The highest BCUT2D eigenvalue weighted by molar-refractivity contribution is 5.94. The molecule has 2 bridgehead atoms. The highest BCUT2D eigenvalue weighted by Crippen LogP contribution is 2.22. The number of rotatable bonds is 3. The number of fused-ring (bicyclic) bond motifs is 2. The fourth-order valence-corrected chi connectivity index (χ4v) is 3.20. The summed E-state index contributed by atoms with van der Waals surface area (Å²) in [4.78, 5) is 14.6. The highest BCUT2D eigenvalue weighted by atomic mass is 16.5. The molecule has 2 atom stereocenters. The quantitative estimate of drug-likeness (QED) is 0.917. The Morgan fingerprint density at radius 1 is 1.35 bits per heavy atom. The van der Waals surface area contributed by atoms with Crippen LogP contribution in [0.5, 0.6) is 5.75 Å². The van der Waals surface area contributed by atoms with Crippen molar-refractivity contribution in [3.63, 3.8) is 0 Å². The molecule has 4 heteroatoms. The van der Waals surface area contributed by atoms with Crippen molar-refractivity contribution in [3.8, 4) is 5.75 Å². The van der Waals surface area contributed by atoms with Gasteiger partial charge in [0.1, 0.15) is 5.75 Å². The van der Waals surface area contributed by atoms with E-state index in [1.54, 1.807) is 0 Å². The second-order valence-corrected chi connectivity index (χ2v) is 5.64. The lowest BCUT2D eigenvalue weighted by Crippen LogP contribution is -2.39. The van der Waals surface area contributed by atoms with E-state index in [1.165, 1.54) is 12.8 Å². The smallest absolute Gasteiger partial charge is 0.254 e. The zero-order valence-electron chi connectivity index (χ0n) is 12.0. The number of carbonyl (C=O) groups is 1. The van der Waals surface area contributed by atoms with Crippen LogP contribution in [0.3, 0.4) is 0 Å². The van der Waals surface area contributed by atoms with Gasteiger partial charge in [-0.05, 0) is 44.4 Å². The van der Waals surface area contributed by atoms with Crippen LogP contribution >= 0.6 is 0 Å². The Morgan fingerprint density at radius 2 is 2.20 bits per heavy atom. The molecule has 2 saturated heterocycles. The average molecular weight is 274 g/mol. The molecule has 2 aliphatic heterocycles. The zero-order chi connectivity index (χ0) is 13.9. The molecule has 2 fully saturated rings. The van der Waals surface area contributed by atoms with Gasteiger partial charge in [-0.25, -0.2) is 0 Å². The molecule has 0 aliphatic carbocycles. The van der Waals surface area contributed by atoms with Gasteiger partial charge in [0.25, 0.3) is 5.91 Å². The van der Waals surface area contributed by atoms with Gasteiger partial charge < -0.3 is 15.0 Å². The van der Waals surface area contributed by atoms with Gasteiger partial charge in [0, 0.05) is 30.7 Å². The van der Waals surface area contributed by atoms with Crippen LogP contribution in [0.25, 0.3) is 0 Å². The topological polar surface area (TPSA) is 41.6 Å². The number of benzene rings is 1. The number of nitrogens with zero attached hydrogens (tertiary/aromatic N) is 1. The Kier molecular flexibility index (Phi) is 3.92. The first-order chi connectivity index (χ1) is 9.76. The Balaban J connectivity index is 1.73. The lowest BCUT2D eigenvalue weighted by Gasteiger charge is -2.24. The van der Waals surface area contributed by atoms with E-state index in [4.69, 9.17) is 4.74 Å². The number of carbonyl (C=O) groups excluding carboxylic acids is 1. The molecule has 3 rings (SSSR count). The van der Waals surface area contributed by atoms with Gasteiger partial charge in [0.15, 0.2) is 0 Å². The number of likely N-dealkylation sites (tertiary alicyclic amines) is 1. The summed E-state index contributed by atoms with van der Waals surface area (Å²) >= 11 is 0. The van der Waals surface area contributed by atoms with Gasteiger partial charge in [-0.2, -0.15) is 0 Å². The van der Waals surface area contributed by atoms with Gasteiger partial charge >= 0.3 is 0 Å². The van der Waals surface area contributed by atoms with E-state index in [2.05, 4.69) is 5.32 Å². The predicted octanol–water partition coefficient (Wildman–Crippen LogP) is 2.05. The number of amides is 1. The minimum Gasteiger partial charge on any atom is -0.494 e. The first kappa shape index (κ1) is 13.4. The van der Waals surface area contributed by atoms with Gasteiger partial charge in [-0.3, -0.25) is 4.79 Å². The van der Waals surface area contributed by atoms with Gasteiger partial charge in [-0.15, -0.1) is 0 Å². The predicted molar refractivity (Wildman–Crippen MR) is 78.1 cm³/mol. The molecule has 2 unspecified atom stereocenters. The van der Waals surface area contributed by atoms with Crippen molar-refractivity contribution in [2.45, 2.75) is 38.3 Å². The van der Waals surface area contributed by atoms with Gasteiger partial charge in [0.05, 0.1) is 6.61 Å². The van der Waals surface area contributed by atoms with Crippen LogP contribution in [0.15, 0.2) is 24.3 Å². The largest absolute Gasteiger partial charge is 0.494 e. The first-order valence-electron chi connectivity index (χ1n) is 7.54. The molecule has 0 aromatic heterocycles. The molecular weight excluding hydrogens is 252 g/mol. The van der Waals surface area contributed by atoms with E-state index in [0.717, 1.165) is 30.8 Å². The SMILES string of the molecule is CCOc1cccc(C(=O)N2CCC3CCC(C2)N3)c1. The molecule has 1 aromatic carbocycles. The van der Waals surface area contributed by atoms with Crippen LogP contribution in [-0.2, 0) is 0 Å². The van der Waals surface area contributed by atoms with Crippen LogP contribution in [0.2, 0.25) is 0 Å². The second kappa shape index (κ2) is 5.83. The number of hydrogen-bond donors (Lipinski definition) is 1. The van der Waals surface area contributed by atoms with E-state index in [9.17, 15) is 4.79 Å². The lowest BCUT2D eigenvalue weighted by molar-refractivity contribution is 0.0747. The second-order valence-electron chi connectivity index (χ2n) is 5.64. The molecule has 108 valence electrons. The van der Waals surface area contributed by atoms with Crippen molar-refractivity contribution in [2.75, 3.05) is 19.7 Å². The summed E-state index contributed by atoms with van der Waals surface area (Å²) < 4.78 is 5.47. The van der Waals surface area contributed by atoms with E-state index in [1.807, 2.05) is 36.1 Å². The molecule has 0 radical (unpaired) electrons. The summed E-state index contributed by atoms with van der Waals surface area (Å²) in [5, 5.41) is 3.60. The minimum atomic E-state index is 0.126. The summed E-state index contributed by atoms with van der Waals surface area (Å²) in [6, 6.07) is 8.59.